The van der Waals surface area contributed by atoms with Gasteiger partial charge in [0.1, 0.15) is 22.8 Å². The second-order valence-corrected chi connectivity index (χ2v) is 9.97. The van der Waals surface area contributed by atoms with E-state index in [-0.39, 0.29) is 23.3 Å². The molecule has 9 nitrogen and oxygen atoms in total. The standard InChI is InChI=1S/C25H28N2O7/c1-10(28)16-22(31)19(27(2)3)14-8-11-7-12-9-15-13(5-4-6-26-15)20(29)17(12)21(30)18(11)24(33)25(14,34)23(16)32/h9,11,14,19,26,29-30,32,34H,4-8H2,1-3H3/t11-,14-,19-,25+/m0/s1. The Hall–Kier alpha value is -3.17. The van der Waals surface area contributed by atoms with Crippen molar-refractivity contribution < 1.29 is 34.8 Å². The summed E-state index contributed by atoms with van der Waals surface area (Å²) in [6.07, 6.45) is 1.86. The first-order valence-corrected chi connectivity index (χ1v) is 11.5. The number of likely N-dealkylation sites (N-methyl/N-ethyl adjacent to an activating group) is 1. The number of phenolic OH excluding ortho intramolecular Hbond substituents is 1. The van der Waals surface area contributed by atoms with Crippen LogP contribution in [0.2, 0.25) is 0 Å². The number of benzene rings is 1. The highest BCUT2D eigenvalue weighted by atomic mass is 16.3. The first kappa shape index (κ1) is 22.6. The number of anilines is 1. The maximum Gasteiger partial charge on any atom is 0.202 e. The minimum atomic E-state index is -2.54. The van der Waals surface area contributed by atoms with Crippen molar-refractivity contribution in [3.05, 3.63) is 39.7 Å². The summed E-state index contributed by atoms with van der Waals surface area (Å²) in [6, 6.07) is 0.870. The number of fused-ring (bicyclic) bond motifs is 4. The monoisotopic (exact) mass is 468 g/mol. The topological polar surface area (TPSA) is 147 Å². The van der Waals surface area contributed by atoms with Crippen LogP contribution in [0.4, 0.5) is 5.69 Å². The van der Waals surface area contributed by atoms with Crippen LogP contribution in [0, 0.1) is 11.8 Å². The van der Waals surface area contributed by atoms with Crippen molar-refractivity contribution in [2.24, 2.45) is 11.8 Å². The average Bonchev–Trinajstić information content (AvgIpc) is 2.76. The highest BCUT2D eigenvalue weighted by Gasteiger charge is 2.64. The fraction of sp³-hybridized carbons (Fsp3) is 0.480. The molecule has 180 valence electrons. The van der Waals surface area contributed by atoms with Gasteiger partial charge in [0.25, 0.3) is 0 Å². The Labute approximate surface area is 196 Å². The molecule has 0 unspecified atom stereocenters. The van der Waals surface area contributed by atoms with Crippen LogP contribution in [0.25, 0.3) is 5.76 Å². The molecular formula is C25H28N2O7. The number of aromatic hydroxyl groups is 1. The molecule has 0 radical (unpaired) electrons. The van der Waals surface area contributed by atoms with Gasteiger partial charge in [-0.15, -0.1) is 0 Å². The Morgan fingerprint density at radius 3 is 2.56 bits per heavy atom. The molecule has 5 rings (SSSR count). The number of hydrogen-bond donors (Lipinski definition) is 5. The third-order valence-electron chi connectivity index (χ3n) is 7.84. The molecule has 0 amide bonds. The van der Waals surface area contributed by atoms with E-state index >= 15 is 0 Å². The summed E-state index contributed by atoms with van der Waals surface area (Å²) in [5.41, 5.74) is -0.934. The van der Waals surface area contributed by atoms with Crippen molar-refractivity contribution in [2.75, 3.05) is 26.0 Å². The van der Waals surface area contributed by atoms with Gasteiger partial charge in [0.15, 0.2) is 17.2 Å². The Morgan fingerprint density at radius 1 is 1.21 bits per heavy atom. The predicted molar refractivity (Wildman–Crippen MR) is 123 cm³/mol. The number of aliphatic hydroxyl groups excluding tert-OH is 2. The Bertz CT molecular complexity index is 1230. The third-order valence-corrected chi connectivity index (χ3v) is 7.84. The largest absolute Gasteiger partial charge is 0.508 e. The highest BCUT2D eigenvalue weighted by molar-refractivity contribution is 6.25. The molecule has 4 atom stereocenters. The minimum Gasteiger partial charge on any atom is -0.508 e. The van der Waals surface area contributed by atoms with E-state index in [1.54, 1.807) is 14.1 Å². The van der Waals surface area contributed by atoms with Gasteiger partial charge in [0.05, 0.1) is 11.6 Å². The SMILES string of the molecule is CC(=O)C1=C(O)[C@@]2(O)C(=O)C3=C(O)c4c(cc5c(c4O)CCCN5)C[C@H]3C[C@H]2[C@H](N(C)C)C1=O. The lowest BCUT2D eigenvalue weighted by Gasteiger charge is -2.50. The Balaban J connectivity index is 1.73. The second kappa shape index (κ2) is 7.41. The van der Waals surface area contributed by atoms with Gasteiger partial charge in [-0.25, -0.2) is 0 Å². The number of ketones is 3. The minimum absolute atomic E-state index is 0.0911. The van der Waals surface area contributed by atoms with Gasteiger partial charge in [0, 0.05) is 29.3 Å². The molecule has 1 aromatic rings. The van der Waals surface area contributed by atoms with Gasteiger partial charge < -0.3 is 25.7 Å². The Kier molecular flexibility index (Phi) is 4.93. The van der Waals surface area contributed by atoms with E-state index in [2.05, 4.69) is 5.32 Å². The second-order valence-electron chi connectivity index (χ2n) is 9.97. The molecule has 4 aliphatic rings. The van der Waals surface area contributed by atoms with Crippen LogP contribution in [0.15, 0.2) is 23.0 Å². The molecule has 1 fully saturated rings. The molecule has 5 N–H and O–H groups in total. The summed E-state index contributed by atoms with van der Waals surface area (Å²) in [6.45, 7) is 1.87. The number of hydrogen-bond acceptors (Lipinski definition) is 9. The molecule has 9 heteroatoms. The van der Waals surface area contributed by atoms with Crippen LogP contribution in [-0.2, 0) is 27.2 Å². The van der Waals surface area contributed by atoms with Crippen molar-refractivity contribution >= 4 is 28.8 Å². The summed E-state index contributed by atoms with van der Waals surface area (Å²) in [7, 11) is 3.23. The van der Waals surface area contributed by atoms with E-state index in [9.17, 15) is 34.8 Å². The average molecular weight is 469 g/mol. The number of nitrogens with zero attached hydrogens (tertiary/aromatic N) is 1. The van der Waals surface area contributed by atoms with Crippen molar-refractivity contribution in [3.8, 4) is 5.75 Å². The maximum atomic E-state index is 13.8. The number of carbonyl (C=O) groups is 3. The lowest BCUT2D eigenvalue weighted by molar-refractivity contribution is -0.153. The van der Waals surface area contributed by atoms with Gasteiger partial charge in [-0.2, -0.15) is 0 Å². The van der Waals surface area contributed by atoms with Gasteiger partial charge in [0.2, 0.25) is 5.78 Å². The fourth-order valence-corrected chi connectivity index (χ4v) is 6.34. The lowest BCUT2D eigenvalue weighted by atomic mass is 9.57. The molecule has 1 aromatic carbocycles. The maximum absolute atomic E-state index is 13.8. The van der Waals surface area contributed by atoms with E-state index in [1.807, 2.05) is 6.07 Å². The molecule has 1 saturated carbocycles. The van der Waals surface area contributed by atoms with E-state index in [1.165, 1.54) is 4.90 Å². The van der Waals surface area contributed by atoms with E-state index < -0.39 is 57.9 Å². The van der Waals surface area contributed by atoms with Crippen LogP contribution in [-0.4, -0.2) is 75.0 Å². The van der Waals surface area contributed by atoms with Crippen molar-refractivity contribution in [1.29, 1.82) is 0 Å². The van der Waals surface area contributed by atoms with Crippen molar-refractivity contribution in [3.63, 3.8) is 0 Å². The summed E-state index contributed by atoms with van der Waals surface area (Å²) in [4.78, 5) is 40.7. The zero-order valence-electron chi connectivity index (χ0n) is 19.3. The molecule has 0 bridgehead atoms. The number of phenols is 1. The quantitative estimate of drug-likeness (QED) is 0.407. The molecule has 3 aliphatic carbocycles. The molecule has 0 saturated heterocycles. The molecule has 0 aromatic heterocycles. The molecule has 0 spiro atoms. The summed E-state index contributed by atoms with van der Waals surface area (Å²) in [5, 5.41) is 48.0. The first-order chi connectivity index (χ1) is 16.0. The van der Waals surface area contributed by atoms with Crippen LogP contribution < -0.4 is 5.32 Å². The van der Waals surface area contributed by atoms with E-state index in [0.29, 0.717) is 24.0 Å². The third kappa shape index (κ3) is 2.77. The lowest BCUT2D eigenvalue weighted by Crippen LogP contribution is -2.65. The molecular weight excluding hydrogens is 440 g/mol. The zero-order valence-corrected chi connectivity index (χ0v) is 19.3. The number of carbonyl (C=O) groups excluding carboxylic acids is 3. The van der Waals surface area contributed by atoms with Crippen LogP contribution in [0.1, 0.15) is 36.5 Å². The smallest absolute Gasteiger partial charge is 0.202 e. The van der Waals surface area contributed by atoms with Crippen molar-refractivity contribution in [2.45, 2.75) is 44.2 Å². The highest BCUT2D eigenvalue weighted by Crippen LogP contribution is 2.53. The van der Waals surface area contributed by atoms with Crippen LogP contribution in [0.3, 0.4) is 0 Å². The Morgan fingerprint density at radius 2 is 1.91 bits per heavy atom. The summed E-state index contributed by atoms with van der Waals surface area (Å²) >= 11 is 0. The van der Waals surface area contributed by atoms with Gasteiger partial charge in [-0.05, 0) is 64.3 Å². The van der Waals surface area contributed by atoms with Crippen molar-refractivity contribution in [1.82, 2.24) is 4.90 Å². The molecule has 34 heavy (non-hydrogen) atoms. The van der Waals surface area contributed by atoms with Crippen LogP contribution in [0.5, 0.6) is 5.75 Å². The number of rotatable bonds is 2. The van der Waals surface area contributed by atoms with Crippen LogP contribution >= 0.6 is 0 Å². The number of Topliss-reactive ketones (excluding diaryl/α,β-unsaturated/α-hetero) is 3. The fourth-order valence-electron chi connectivity index (χ4n) is 6.34. The summed E-state index contributed by atoms with van der Waals surface area (Å²) < 4.78 is 0. The van der Waals surface area contributed by atoms with E-state index in [4.69, 9.17) is 0 Å². The molecule has 1 heterocycles. The zero-order chi connectivity index (χ0) is 24.7. The normalized spacial score (nSPS) is 30.4. The molecule has 1 aliphatic heterocycles. The number of aliphatic hydroxyl groups is 3. The van der Waals surface area contributed by atoms with Gasteiger partial charge >= 0.3 is 0 Å². The van der Waals surface area contributed by atoms with Gasteiger partial charge in [-0.1, -0.05) is 0 Å². The van der Waals surface area contributed by atoms with Gasteiger partial charge in [-0.3, -0.25) is 19.3 Å². The van der Waals surface area contributed by atoms with E-state index in [0.717, 1.165) is 25.6 Å². The first-order valence-electron chi connectivity index (χ1n) is 11.5. The number of nitrogens with one attached hydrogen (secondary N) is 1. The predicted octanol–water partition coefficient (Wildman–Crippen LogP) is 1.43. The summed E-state index contributed by atoms with van der Waals surface area (Å²) in [5.74, 6) is -5.36.